The van der Waals surface area contributed by atoms with Crippen LogP contribution in [0.5, 0.6) is 0 Å². The maximum Gasteiger partial charge on any atom is 0.265 e. The van der Waals surface area contributed by atoms with Crippen LogP contribution in [0.2, 0.25) is 0 Å². The lowest BCUT2D eigenvalue weighted by molar-refractivity contribution is -0.166. The molecule has 1 aliphatic rings. The summed E-state index contributed by atoms with van der Waals surface area (Å²) in [5, 5.41) is 2.76. The van der Waals surface area contributed by atoms with E-state index >= 15 is 0 Å². The van der Waals surface area contributed by atoms with Gasteiger partial charge >= 0.3 is 0 Å². The average Bonchev–Trinajstić information content (AvgIpc) is 2.87. The Labute approximate surface area is 123 Å². The Balaban J connectivity index is 2.11. The SMILES string of the molecule is CCOC1NC(=O)C(c2ccccc2)(c2ccccc2)O1. The van der Waals surface area contributed by atoms with Gasteiger partial charge in [0.2, 0.25) is 12.0 Å². The monoisotopic (exact) mass is 283 g/mol. The molecule has 1 fully saturated rings. The van der Waals surface area contributed by atoms with Crippen LogP contribution >= 0.6 is 0 Å². The first-order chi connectivity index (χ1) is 10.3. The van der Waals surface area contributed by atoms with Crippen LogP contribution in [-0.4, -0.2) is 18.9 Å². The first-order valence-corrected chi connectivity index (χ1v) is 6.99. The number of hydrogen-bond donors (Lipinski definition) is 1. The summed E-state index contributed by atoms with van der Waals surface area (Å²) in [6.45, 7) is 2.32. The van der Waals surface area contributed by atoms with Gasteiger partial charge in [-0.2, -0.15) is 0 Å². The van der Waals surface area contributed by atoms with Crippen molar-refractivity contribution in [2.45, 2.75) is 18.9 Å². The van der Waals surface area contributed by atoms with E-state index in [4.69, 9.17) is 9.47 Å². The first kappa shape index (κ1) is 13.8. The van der Waals surface area contributed by atoms with Gasteiger partial charge in [-0.25, -0.2) is 0 Å². The van der Waals surface area contributed by atoms with Gasteiger partial charge < -0.3 is 14.8 Å². The maximum absolute atomic E-state index is 12.7. The Hall–Kier alpha value is -2.17. The van der Waals surface area contributed by atoms with Gasteiger partial charge in [0, 0.05) is 6.61 Å². The Morgan fingerprint density at radius 1 is 1.05 bits per heavy atom. The lowest BCUT2D eigenvalue weighted by Gasteiger charge is -2.27. The fourth-order valence-electron chi connectivity index (χ4n) is 2.59. The van der Waals surface area contributed by atoms with E-state index in [-0.39, 0.29) is 5.91 Å². The minimum atomic E-state index is -1.16. The molecular formula is C17H17NO3. The third-order valence-electron chi connectivity index (χ3n) is 3.53. The molecule has 0 aromatic heterocycles. The van der Waals surface area contributed by atoms with E-state index in [1.807, 2.05) is 67.6 Å². The fourth-order valence-corrected chi connectivity index (χ4v) is 2.59. The Morgan fingerprint density at radius 2 is 1.57 bits per heavy atom. The molecule has 4 heteroatoms. The second kappa shape index (κ2) is 5.68. The van der Waals surface area contributed by atoms with Crippen molar-refractivity contribution in [1.82, 2.24) is 5.32 Å². The van der Waals surface area contributed by atoms with Gasteiger partial charge in [-0.05, 0) is 18.1 Å². The van der Waals surface area contributed by atoms with E-state index in [0.717, 1.165) is 11.1 Å². The highest BCUT2D eigenvalue weighted by molar-refractivity contribution is 5.91. The van der Waals surface area contributed by atoms with Crippen molar-refractivity contribution in [3.63, 3.8) is 0 Å². The van der Waals surface area contributed by atoms with Crippen LogP contribution < -0.4 is 5.32 Å². The predicted molar refractivity (Wildman–Crippen MR) is 78.3 cm³/mol. The molecule has 1 unspecified atom stereocenters. The smallest absolute Gasteiger partial charge is 0.265 e. The minimum Gasteiger partial charge on any atom is -0.336 e. The predicted octanol–water partition coefficient (Wildman–Crippen LogP) is 2.40. The summed E-state index contributed by atoms with van der Waals surface area (Å²) in [6.07, 6.45) is -0.733. The quantitative estimate of drug-likeness (QED) is 0.937. The number of nitrogens with one attached hydrogen (secondary N) is 1. The van der Waals surface area contributed by atoms with Crippen molar-refractivity contribution >= 4 is 5.91 Å². The Kier molecular flexibility index (Phi) is 3.73. The highest BCUT2D eigenvalue weighted by atomic mass is 16.7. The second-order valence-electron chi connectivity index (χ2n) is 4.79. The number of rotatable bonds is 4. The van der Waals surface area contributed by atoms with Crippen LogP contribution in [0.25, 0.3) is 0 Å². The second-order valence-corrected chi connectivity index (χ2v) is 4.79. The summed E-state index contributed by atoms with van der Waals surface area (Å²) in [4.78, 5) is 12.7. The average molecular weight is 283 g/mol. The van der Waals surface area contributed by atoms with Crippen LogP contribution in [0.1, 0.15) is 18.1 Å². The molecule has 1 atom stereocenters. The Bertz CT molecular complexity index is 573. The van der Waals surface area contributed by atoms with Crippen LogP contribution in [-0.2, 0) is 19.9 Å². The van der Waals surface area contributed by atoms with Gasteiger partial charge in [0.1, 0.15) is 0 Å². The van der Waals surface area contributed by atoms with E-state index < -0.39 is 12.0 Å². The van der Waals surface area contributed by atoms with Gasteiger partial charge in [0.05, 0.1) is 0 Å². The van der Waals surface area contributed by atoms with Gasteiger partial charge in [0.15, 0.2) is 0 Å². The first-order valence-electron chi connectivity index (χ1n) is 6.99. The highest BCUT2D eigenvalue weighted by Gasteiger charge is 2.51. The molecule has 4 nitrogen and oxygen atoms in total. The van der Waals surface area contributed by atoms with Crippen LogP contribution in [0.4, 0.5) is 0 Å². The summed E-state index contributed by atoms with van der Waals surface area (Å²) in [6, 6.07) is 19.0. The molecule has 1 aliphatic heterocycles. The summed E-state index contributed by atoms with van der Waals surface area (Å²) in [5.41, 5.74) is 0.411. The summed E-state index contributed by atoms with van der Waals surface area (Å²) in [5.74, 6) is -0.210. The summed E-state index contributed by atoms with van der Waals surface area (Å²) in [7, 11) is 0. The van der Waals surface area contributed by atoms with E-state index in [1.165, 1.54) is 0 Å². The third kappa shape index (κ3) is 2.33. The standard InChI is InChI=1S/C17H17NO3/c1-2-20-16-18-15(19)17(21-16,13-9-5-3-6-10-13)14-11-7-4-8-12-14/h3-12,16H,2H2,1H3,(H,18,19). The maximum atomic E-state index is 12.7. The normalized spacial score (nSPS) is 20.2. The van der Waals surface area contributed by atoms with E-state index in [0.29, 0.717) is 6.61 Å². The van der Waals surface area contributed by atoms with Crippen molar-refractivity contribution in [3.8, 4) is 0 Å². The van der Waals surface area contributed by atoms with Crippen molar-refractivity contribution < 1.29 is 14.3 Å². The zero-order valence-corrected chi connectivity index (χ0v) is 11.8. The fraction of sp³-hybridized carbons (Fsp3) is 0.235. The van der Waals surface area contributed by atoms with Crippen LogP contribution in [0, 0.1) is 0 Å². The molecular weight excluding hydrogens is 266 g/mol. The number of hydrogen-bond acceptors (Lipinski definition) is 3. The molecule has 2 aromatic carbocycles. The number of carbonyl (C=O) groups excluding carboxylic acids is 1. The van der Waals surface area contributed by atoms with E-state index in [2.05, 4.69) is 5.32 Å². The van der Waals surface area contributed by atoms with Crippen molar-refractivity contribution in [2.75, 3.05) is 6.61 Å². The zero-order chi connectivity index (χ0) is 14.7. The molecule has 1 amide bonds. The zero-order valence-electron chi connectivity index (χ0n) is 11.8. The summed E-state index contributed by atoms with van der Waals surface area (Å²) >= 11 is 0. The molecule has 0 aliphatic carbocycles. The van der Waals surface area contributed by atoms with E-state index in [9.17, 15) is 4.79 Å². The molecule has 21 heavy (non-hydrogen) atoms. The number of benzene rings is 2. The highest BCUT2D eigenvalue weighted by Crippen LogP contribution is 2.38. The molecule has 0 spiro atoms. The molecule has 0 saturated carbocycles. The van der Waals surface area contributed by atoms with Gasteiger partial charge in [-0.1, -0.05) is 60.7 Å². The third-order valence-corrected chi connectivity index (χ3v) is 3.53. The van der Waals surface area contributed by atoms with Crippen LogP contribution in [0.15, 0.2) is 60.7 Å². The molecule has 2 aromatic rings. The summed E-state index contributed by atoms with van der Waals surface area (Å²) < 4.78 is 11.4. The Morgan fingerprint density at radius 3 is 2.05 bits per heavy atom. The number of carbonyl (C=O) groups is 1. The lowest BCUT2D eigenvalue weighted by atomic mass is 9.86. The van der Waals surface area contributed by atoms with Crippen molar-refractivity contribution in [3.05, 3.63) is 71.8 Å². The molecule has 1 saturated heterocycles. The molecule has 1 N–H and O–H groups in total. The molecule has 0 radical (unpaired) electrons. The van der Waals surface area contributed by atoms with E-state index in [1.54, 1.807) is 0 Å². The molecule has 0 bridgehead atoms. The molecule has 108 valence electrons. The van der Waals surface area contributed by atoms with Gasteiger partial charge in [0.25, 0.3) is 5.91 Å². The van der Waals surface area contributed by atoms with Crippen molar-refractivity contribution in [1.29, 1.82) is 0 Å². The van der Waals surface area contributed by atoms with Gasteiger partial charge in [-0.15, -0.1) is 0 Å². The number of amides is 1. The van der Waals surface area contributed by atoms with Crippen molar-refractivity contribution in [2.24, 2.45) is 0 Å². The number of ether oxygens (including phenoxy) is 2. The van der Waals surface area contributed by atoms with Gasteiger partial charge in [-0.3, -0.25) is 4.79 Å². The topological polar surface area (TPSA) is 47.6 Å². The largest absolute Gasteiger partial charge is 0.336 e. The lowest BCUT2D eigenvalue weighted by Crippen LogP contribution is -2.37. The molecule has 1 heterocycles. The minimum absolute atomic E-state index is 0.210. The molecule has 3 rings (SSSR count). The van der Waals surface area contributed by atoms with Crippen LogP contribution in [0.3, 0.4) is 0 Å².